The molecule has 1 unspecified atom stereocenters. The Labute approximate surface area is 145 Å². The number of hydrogen-bond donors (Lipinski definition) is 9. The Kier molecular flexibility index (Phi) is 7.62. The van der Waals surface area contributed by atoms with Crippen LogP contribution in [0.5, 0.6) is 0 Å². The van der Waals surface area contributed by atoms with Crippen molar-refractivity contribution in [2.24, 2.45) is 0 Å². The summed E-state index contributed by atoms with van der Waals surface area (Å²) in [4.78, 5) is 39.6. The second kappa shape index (κ2) is 8.67. The summed E-state index contributed by atoms with van der Waals surface area (Å²) in [5.74, 6) is -5.95. The summed E-state index contributed by atoms with van der Waals surface area (Å²) >= 11 is 0. The van der Waals surface area contributed by atoms with Gasteiger partial charge >= 0.3 is 13.8 Å². The summed E-state index contributed by atoms with van der Waals surface area (Å²) in [6, 6.07) is -1.58. The zero-order chi connectivity index (χ0) is 20.3. The summed E-state index contributed by atoms with van der Waals surface area (Å²) in [5.41, 5.74) is 0. The number of carbonyl (C=O) groups is 2. The maximum Gasteiger partial charge on any atom is 0.469 e. The van der Waals surface area contributed by atoms with Crippen LogP contribution in [0.4, 0.5) is 0 Å². The number of carboxylic acid groups (broad SMARTS) is 1. The Morgan fingerprint density at radius 1 is 1.35 bits per heavy atom. The van der Waals surface area contributed by atoms with Gasteiger partial charge in [0.1, 0.15) is 24.9 Å². The highest BCUT2D eigenvalue weighted by Crippen LogP contribution is 2.36. The number of aliphatic hydroxyl groups is 5. The molecule has 152 valence electrons. The first-order chi connectivity index (χ1) is 11.8. The molecule has 0 saturated carbocycles. The Morgan fingerprint density at radius 2 is 1.92 bits per heavy atom. The van der Waals surface area contributed by atoms with E-state index in [0.29, 0.717) is 0 Å². The molecule has 0 aliphatic carbocycles. The van der Waals surface area contributed by atoms with Crippen LogP contribution in [0.1, 0.15) is 6.42 Å². The molecule has 1 heterocycles. The van der Waals surface area contributed by atoms with E-state index in [1.807, 2.05) is 5.32 Å². The van der Waals surface area contributed by atoms with Crippen LogP contribution in [0.25, 0.3) is 0 Å². The van der Waals surface area contributed by atoms with Gasteiger partial charge in [-0.15, -0.1) is 0 Å². The van der Waals surface area contributed by atoms with Crippen molar-refractivity contribution in [3.63, 3.8) is 0 Å². The molecule has 0 radical (unpaired) electrons. The monoisotopic (exact) mass is 405 g/mol. The van der Waals surface area contributed by atoms with Crippen LogP contribution in [0, 0.1) is 0 Å². The summed E-state index contributed by atoms with van der Waals surface area (Å²) < 4.78 is 19.5. The van der Waals surface area contributed by atoms with Crippen molar-refractivity contribution in [2.75, 3.05) is 13.2 Å². The molecule has 0 aromatic heterocycles. The van der Waals surface area contributed by atoms with Crippen LogP contribution >= 0.6 is 7.82 Å². The molecule has 0 aromatic carbocycles. The van der Waals surface area contributed by atoms with Crippen molar-refractivity contribution in [2.45, 2.75) is 42.7 Å². The lowest BCUT2D eigenvalue weighted by Gasteiger charge is -2.44. The first-order valence-corrected chi connectivity index (χ1v) is 8.62. The molecule has 14 nitrogen and oxygen atoms in total. The predicted octanol–water partition coefficient (Wildman–Crippen LogP) is -4.78. The molecule has 1 fully saturated rings. The van der Waals surface area contributed by atoms with E-state index in [4.69, 9.17) is 24.7 Å². The molecule has 6 atom stereocenters. The molecule has 0 bridgehead atoms. The highest BCUT2D eigenvalue weighted by atomic mass is 31.2. The summed E-state index contributed by atoms with van der Waals surface area (Å²) in [6.07, 6.45) is -8.87. The van der Waals surface area contributed by atoms with Crippen LogP contribution in [0.15, 0.2) is 0 Å². The molecule has 0 spiro atoms. The van der Waals surface area contributed by atoms with E-state index in [2.05, 4.69) is 4.52 Å². The van der Waals surface area contributed by atoms with E-state index in [-0.39, 0.29) is 0 Å². The fourth-order valence-electron chi connectivity index (χ4n) is 2.30. The predicted molar refractivity (Wildman–Crippen MR) is 77.1 cm³/mol. The first kappa shape index (κ1) is 22.9. The number of aliphatic carboxylic acids is 1. The van der Waals surface area contributed by atoms with Crippen molar-refractivity contribution < 1.29 is 63.8 Å². The maximum absolute atomic E-state index is 11.3. The quantitative estimate of drug-likeness (QED) is 0.172. The van der Waals surface area contributed by atoms with Gasteiger partial charge in [0, 0.05) is 6.42 Å². The molecule has 9 N–H and O–H groups in total. The van der Waals surface area contributed by atoms with Gasteiger partial charge in [0.15, 0.2) is 0 Å². The Balaban J connectivity index is 3.04. The first-order valence-electron chi connectivity index (χ1n) is 7.09. The standard InChI is InChI=1S/C11H20NO13P/c13-2-6(16)12-7-4(14)1-11(20,10(18)19)25-9(7)8(17)5(15)3-24-26(21,22)23/h4-5,7-9,13-15,17,20H,1-3H2,(H,12,16)(H,18,19)(H2,21,22,23)/t4-,5+,7+,8+,9+,11?/m0/s1. The van der Waals surface area contributed by atoms with E-state index in [1.165, 1.54) is 0 Å². The zero-order valence-corrected chi connectivity index (χ0v) is 14.0. The van der Waals surface area contributed by atoms with Gasteiger partial charge in [0.25, 0.3) is 5.79 Å². The number of carboxylic acids is 1. The van der Waals surface area contributed by atoms with Crippen LogP contribution in [-0.2, 0) is 23.4 Å². The number of nitrogens with one attached hydrogen (secondary N) is 1. The van der Waals surface area contributed by atoms with Gasteiger partial charge in [0.2, 0.25) is 5.91 Å². The highest BCUT2D eigenvalue weighted by molar-refractivity contribution is 7.46. The Morgan fingerprint density at radius 3 is 2.38 bits per heavy atom. The number of phosphoric acid groups is 1. The normalized spacial score (nSPS) is 31.9. The maximum atomic E-state index is 11.3. The number of phosphoric ester groups is 1. The molecule has 15 heteroatoms. The average Bonchev–Trinajstić information content (AvgIpc) is 2.53. The van der Waals surface area contributed by atoms with Crippen molar-refractivity contribution >= 4 is 19.7 Å². The van der Waals surface area contributed by atoms with Crippen LogP contribution < -0.4 is 5.32 Å². The Bertz CT molecular complexity index is 566. The van der Waals surface area contributed by atoms with Crippen molar-refractivity contribution in [3.05, 3.63) is 0 Å². The minimum absolute atomic E-state index is 0.920. The van der Waals surface area contributed by atoms with E-state index >= 15 is 0 Å². The SMILES string of the molecule is O=C(CO)N[C@H]1[C@H]([C@H](O)[C@H](O)COP(=O)(O)O)OC(O)(C(=O)O)C[C@@H]1O. The third-order valence-electron chi connectivity index (χ3n) is 3.54. The van der Waals surface area contributed by atoms with E-state index < -0.39 is 75.6 Å². The van der Waals surface area contributed by atoms with Gasteiger partial charge in [-0.1, -0.05) is 0 Å². The van der Waals surface area contributed by atoms with Crippen LogP contribution in [0.3, 0.4) is 0 Å². The topological polar surface area (TPSA) is 244 Å². The summed E-state index contributed by atoms with van der Waals surface area (Å²) in [5, 5.41) is 59.5. The second-order valence-corrected chi connectivity index (χ2v) is 6.78. The number of amides is 1. The minimum atomic E-state index is -5.00. The van der Waals surface area contributed by atoms with Gasteiger partial charge in [-0.05, 0) is 0 Å². The van der Waals surface area contributed by atoms with Gasteiger partial charge in [0.05, 0.1) is 18.8 Å². The molecule has 1 amide bonds. The smallest absolute Gasteiger partial charge is 0.469 e. The molecule has 1 aliphatic heterocycles. The van der Waals surface area contributed by atoms with Crippen molar-refractivity contribution in [3.8, 4) is 0 Å². The van der Waals surface area contributed by atoms with Gasteiger partial charge in [-0.2, -0.15) is 0 Å². The van der Waals surface area contributed by atoms with E-state index in [0.717, 1.165) is 0 Å². The van der Waals surface area contributed by atoms with Gasteiger partial charge in [-0.25, -0.2) is 9.36 Å². The van der Waals surface area contributed by atoms with Crippen molar-refractivity contribution in [1.82, 2.24) is 5.32 Å². The minimum Gasteiger partial charge on any atom is -0.477 e. The van der Waals surface area contributed by atoms with Crippen molar-refractivity contribution in [1.29, 1.82) is 0 Å². The summed E-state index contributed by atoms with van der Waals surface area (Å²) in [7, 11) is -5.00. The lowest BCUT2D eigenvalue weighted by molar-refractivity contribution is -0.295. The number of rotatable bonds is 8. The lowest BCUT2D eigenvalue weighted by Crippen LogP contribution is -2.67. The third-order valence-corrected chi connectivity index (χ3v) is 4.02. The van der Waals surface area contributed by atoms with Crippen LogP contribution in [0.2, 0.25) is 0 Å². The lowest BCUT2D eigenvalue weighted by atomic mass is 9.88. The second-order valence-electron chi connectivity index (χ2n) is 5.54. The third kappa shape index (κ3) is 5.92. The van der Waals surface area contributed by atoms with Gasteiger partial charge < -0.3 is 50.5 Å². The van der Waals surface area contributed by atoms with E-state index in [9.17, 15) is 34.6 Å². The molecule has 1 rings (SSSR count). The molecule has 1 aliphatic rings. The zero-order valence-electron chi connectivity index (χ0n) is 13.1. The molecular formula is C11H20NO13P. The number of hydrogen-bond acceptors (Lipinski definition) is 10. The molecule has 0 aromatic rings. The highest BCUT2D eigenvalue weighted by Gasteiger charge is 2.54. The largest absolute Gasteiger partial charge is 0.477 e. The molecular weight excluding hydrogens is 385 g/mol. The molecule has 1 saturated heterocycles. The summed E-state index contributed by atoms with van der Waals surface area (Å²) in [6.45, 7) is -2.15. The number of aliphatic hydroxyl groups excluding tert-OH is 4. The van der Waals surface area contributed by atoms with Crippen LogP contribution in [-0.4, -0.2) is 102 Å². The number of carbonyl (C=O) groups excluding carboxylic acids is 1. The molecule has 26 heavy (non-hydrogen) atoms. The number of ether oxygens (including phenoxy) is 1. The van der Waals surface area contributed by atoms with Gasteiger partial charge in [-0.3, -0.25) is 9.32 Å². The van der Waals surface area contributed by atoms with E-state index in [1.54, 1.807) is 0 Å². The fourth-order valence-corrected chi connectivity index (χ4v) is 2.64. The fraction of sp³-hybridized carbons (Fsp3) is 0.818. The Hall–Kier alpha value is -1.19. The average molecular weight is 405 g/mol.